The van der Waals surface area contributed by atoms with Crippen LogP contribution in [-0.2, 0) is 41.4 Å². The number of terminal acetylenes is 1. The molecule has 68 heavy (non-hydrogen) atoms. The molecule has 5 rings (SSSR count). The van der Waals surface area contributed by atoms with Crippen LogP contribution in [0.25, 0.3) is 0 Å². The maximum absolute atomic E-state index is 14.2. The van der Waals surface area contributed by atoms with Gasteiger partial charge >= 0.3 is 11.9 Å². The predicted octanol–water partition coefficient (Wildman–Crippen LogP) is -3.31. The Bertz CT molecular complexity index is 2070. The van der Waals surface area contributed by atoms with Gasteiger partial charge in [0.15, 0.2) is 0 Å². The van der Waals surface area contributed by atoms with Gasteiger partial charge in [0.05, 0.1) is 63.9 Å². The number of carbonyl (C=O) groups is 3. The van der Waals surface area contributed by atoms with Gasteiger partial charge in [0, 0.05) is 77.7 Å². The fourth-order valence-corrected chi connectivity index (χ4v) is 7.78. The summed E-state index contributed by atoms with van der Waals surface area (Å²) in [6.45, 7) is 11.9. The van der Waals surface area contributed by atoms with E-state index < -0.39 is 18.1 Å². The highest BCUT2D eigenvalue weighted by molar-refractivity contribution is 5.81. The van der Waals surface area contributed by atoms with Crippen LogP contribution >= 0.6 is 0 Å². The Kier molecular flexibility index (Phi) is 21.9. The Morgan fingerprint density at radius 1 is 0.824 bits per heavy atom. The van der Waals surface area contributed by atoms with Gasteiger partial charge in [0.25, 0.3) is 0 Å². The predicted molar refractivity (Wildman–Crippen MR) is 250 cm³/mol. The maximum atomic E-state index is 14.2. The molecule has 2 amide bonds. The molecule has 0 aliphatic carbocycles. The van der Waals surface area contributed by atoms with Crippen molar-refractivity contribution in [2.75, 3.05) is 127 Å². The third kappa shape index (κ3) is 16.5. The summed E-state index contributed by atoms with van der Waals surface area (Å²) in [7, 11) is 0. The number of quaternary nitrogens is 1. The fraction of sp³-hybridized carbons (Fsp3) is 0.698. The second-order valence-electron chi connectivity index (χ2n) is 16.7. The molecule has 25 nitrogen and oxygen atoms in total. The molecule has 374 valence electrons. The average molecular weight is 953 g/mol. The van der Waals surface area contributed by atoms with Crippen molar-refractivity contribution in [3.05, 3.63) is 23.8 Å². The van der Waals surface area contributed by atoms with Crippen LogP contribution in [0.1, 0.15) is 75.8 Å². The van der Waals surface area contributed by atoms with Crippen molar-refractivity contribution >= 4 is 41.6 Å². The highest BCUT2D eigenvalue weighted by atomic mass is 16.5. The first-order valence-corrected chi connectivity index (χ1v) is 23.7. The van der Waals surface area contributed by atoms with Gasteiger partial charge in [-0.2, -0.15) is 15.0 Å². The molecular weight excluding hydrogens is 881 g/mol. The molecule has 2 aliphatic rings. The first-order valence-electron chi connectivity index (χ1n) is 23.7. The van der Waals surface area contributed by atoms with Gasteiger partial charge < -0.3 is 50.0 Å². The zero-order valence-corrected chi connectivity index (χ0v) is 39.7. The highest BCUT2D eigenvalue weighted by Crippen LogP contribution is 2.26. The van der Waals surface area contributed by atoms with Crippen molar-refractivity contribution in [1.29, 1.82) is 0 Å². The van der Waals surface area contributed by atoms with E-state index in [1.54, 1.807) is 15.6 Å². The minimum Gasteiger partial charge on any atom is -0.481 e. The number of carboxylic acids is 1. The molecule has 3 atom stereocenters. The molecule has 0 saturated carbocycles. The van der Waals surface area contributed by atoms with E-state index in [9.17, 15) is 14.4 Å². The van der Waals surface area contributed by atoms with E-state index in [0.717, 1.165) is 37.9 Å². The molecule has 0 spiro atoms. The lowest BCUT2D eigenvalue weighted by atomic mass is 9.97. The number of carbonyl (C=O) groups excluding carboxylic acids is 2. The number of amides is 2. The Balaban J connectivity index is 1.24. The summed E-state index contributed by atoms with van der Waals surface area (Å²) < 4.78 is 19.8. The van der Waals surface area contributed by atoms with Crippen LogP contribution in [0.4, 0.5) is 17.8 Å². The maximum Gasteiger partial charge on any atom is 0.338 e. The van der Waals surface area contributed by atoms with Gasteiger partial charge in [-0.3, -0.25) is 30.8 Å². The van der Waals surface area contributed by atoms with Crippen molar-refractivity contribution in [3.63, 3.8) is 0 Å². The van der Waals surface area contributed by atoms with E-state index in [0.29, 0.717) is 135 Å². The quantitative estimate of drug-likeness (QED) is 0.0165. The lowest BCUT2D eigenvalue weighted by Crippen LogP contribution is -2.78. The van der Waals surface area contributed by atoms with Crippen molar-refractivity contribution in [2.24, 2.45) is 17.4 Å². The van der Waals surface area contributed by atoms with Crippen molar-refractivity contribution in [1.82, 2.24) is 54.7 Å². The molecule has 2 aliphatic heterocycles. The largest absolute Gasteiger partial charge is 0.481 e. The minimum atomic E-state index is -0.922. The van der Waals surface area contributed by atoms with Gasteiger partial charge in [-0.25, -0.2) is 9.36 Å². The van der Waals surface area contributed by atoms with E-state index >= 15 is 0 Å². The number of hydrogen-bond donors (Lipinski definition) is 6. The number of nitrogens with zero attached hydrogens (tertiary/aromatic N) is 13. The molecule has 10 N–H and O–H groups in total. The molecule has 25 heteroatoms. The van der Waals surface area contributed by atoms with E-state index in [1.807, 2.05) is 20.9 Å². The summed E-state index contributed by atoms with van der Waals surface area (Å²) in [6, 6.07) is -1.08. The first-order chi connectivity index (χ1) is 33.0. The van der Waals surface area contributed by atoms with Crippen LogP contribution in [0.5, 0.6) is 0 Å². The fourth-order valence-electron chi connectivity index (χ4n) is 7.78. The third-order valence-electron chi connectivity index (χ3n) is 11.8. The molecule has 0 radical (unpaired) electrons. The molecule has 0 unspecified atom stereocenters. The number of aromatic nitrogens is 9. The van der Waals surface area contributed by atoms with E-state index in [4.69, 9.17) is 52.2 Å². The zero-order valence-electron chi connectivity index (χ0n) is 39.7. The van der Waals surface area contributed by atoms with Crippen molar-refractivity contribution in [3.8, 4) is 12.3 Å². The number of nitrogens with two attached hydrogens (primary N) is 2. The lowest BCUT2D eigenvalue weighted by molar-refractivity contribution is -0.459. The second-order valence-corrected chi connectivity index (χ2v) is 16.7. The molecule has 0 bridgehead atoms. The highest BCUT2D eigenvalue weighted by Gasteiger charge is 2.35. The van der Waals surface area contributed by atoms with Gasteiger partial charge in [0.1, 0.15) is 18.7 Å². The number of nitrogens with one attached hydrogen (secondary N) is 2. The van der Waals surface area contributed by atoms with Crippen LogP contribution in [0.15, 0.2) is 12.4 Å². The number of ether oxygens (including phenoxy) is 3. The van der Waals surface area contributed by atoms with Crippen LogP contribution in [0.3, 0.4) is 0 Å². The number of carboxylic acid groups (broad SMARTS) is 1. The molecule has 3 aromatic heterocycles. The van der Waals surface area contributed by atoms with E-state index in [-0.39, 0.29) is 43.1 Å². The van der Waals surface area contributed by atoms with Gasteiger partial charge in [0.2, 0.25) is 29.7 Å². The van der Waals surface area contributed by atoms with Gasteiger partial charge in [-0.1, -0.05) is 36.6 Å². The number of piperazine rings is 2. The molecule has 0 aromatic carbocycles. The average Bonchev–Trinajstić information content (AvgIpc) is 4.02. The summed E-state index contributed by atoms with van der Waals surface area (Å²) in [5, 5.41) is 29.6. The van der Waals surface area contributed by atoms with E-state index in [2.05, 4.69) is 61.3 Å². The van der Waals surface area contributed by atoms with Gasteiger partial charge in [-0.05, 0) is 38.0 Å². The molecule has 5 heterocycles. The normalized spacial score (nSPS) is 15.4. The van der Waals surface area contributed by atoms with Crippen LogP contribution in [0.2, 0.25) is 0 Å². The number of unbranched alkanes of at least 4 members (excludes halogenated alkanes) is 1. The summed E-state index contributed by atoms with van der Waals surface area (Å²) >= 11 is 0. The summed E-state index contributed by atoms with van der Waals surface area (Å²) in [5.74, 6) is 2.93. The summed E-state index contributed by atoms with van der Waals surface area (Å²) in [4.78, 5) is 64.8. The van der Waals surface area contributed by atoms with Gasteiger partial charge in [-0.15, -0.1) is 16.6 Å². The SMILES string of the molecule is C#CCOCCOCCOCCNc1nc(N2CCN(C(=O)[C@H]([C@@H](C)CC)n3cc(CCC[NH+]=C(N)N)nn3)CC2)nc(N2CCN(C(=O)[C@H](CCCC[NH3+])n3cc(CCC(=O)O)nn3)CC2)n1. The first kappa shape index (κ1) is 52.7. The topological polar surface area (TPSA) is 318 Å². The van der Waals surface area contributed by atoms with Crippen LogP contribution in [-0.4, -0.2) is 195 Å². The Morgan fingerprint density at radius 3 is 2.01 bits per heavy atom. The second kappa shape index (κ2) is 28.2. The monoisotopic (exact) mass is 953 g/mol. The minimum absolute atomic E-state index is 0.0107. The molecule has 2 saturated heterocycles. The lowest BCUT2D eigenvalue weighted by Gasteiger charge is -2.38. The summed E-state index contributed by atoms with van der Waals surface area (Å²) in [6.07, 6.45) is 13.3. The zero-order chi connectivity index (χ0) is 48.7. The Labute approximate surface area is 397 Å². The van der Waals surface area contributed by atoms with Crippen molar-refractivity contribution < 1.29 is 44.4 Å². The van der Waals surface area contributed by atoms with Crippen LogP contribution in [0, 0.1) is 18.3 Å². The molecule has 2 fully saturated rings. The van der Waals surface area contributed by atoms with Crippen LogP contribution < -0.4 is 37.3 Å². The molecule has 3 aromatic rings. The Morgan fingerprint density at radius 2 is 1.41 bits per heavy atom. The number of rotatable bonds is 30. The number of guanidine groups is 1. The number of hydrogen-bond acceptors (Lipinski definition) is 16. The van der Waals surface area contributed by atoms with Crippen molar-refractivity contribution in [2.45, 2.75) is 77.3 Å². The molecular formula is C43H72N18O7+2. The third-order valence-corrected chi connectivity index (χ3v) is 11.8. The smallest absolute Gasteiger partial charge is 0.338 e. The summed E-state index contributed by atoms with van der Waals surface area (Å²) in [5.41, 5.74) is 16.3. The number of aryl methyl sites for hydroxylation is 2. The number of anilines is 3. The Hall–Kier alpha value is -6.23. The van der Waals surface area contributed by atoms with E-state index in [1.165, 1.54) is 0 Å². The number of aliphatic carboxylic acids is 1. The standard InChI is InChI=1S/C43H70N18O7/c1-4-24-66-26-28-68-29-27-67-25-15-48-41-49-42(58-20-16-56(17-21-58)38(64)35(10-6-7-13-44)60-30-34(53-54-60)11-12-36(62)63)51-43(50-41)59-22-18-57(19-23-59)39(65)37(32(3)5-2)61-31-33(52-55-61)9-8-14-47-40(45)46/h1,30-32,35,37H,5-29,44H2,2-3H3,(H,62,63)(H4,45,46,47)(H,48,49,50,51)/p+2/t32-,35-,37-/m0/s1.